The van der Waals surface area contributed by atoms with E-state index in [1.807, 2.05) is 16.8 Å². The van der Waals surface area contributed by atoms with Crippen LogP contribution in [0.15, 0.2) is 35.0 Å². The third-order valence-electron chi connectivity index (χ3n) is 2.15. The zero-order valence-electron chi connectivity index (χ0n) is 7.78. The fourth-order valence-corrected chi connectivity index (χ4v) is 2.10. The number of thiophene rings is 1. The van der Waals surface area contributed by atoms with E-state index < -0.39 is 17.7 Å². The predicted octanol–water partition coefficient (Wildman–Crippen LogP) is 3.07. The monoisotopic (exact) mass is 225 g/mol. The molecule has 1 aromatic heterocycles. The molecule has 0 aliphatic heterocycles. The van der Waals surface area contributed by atoms with Gasteiger partial charge in [0.15, 0.2) is 0 Å². The summed E-state index contributed by atoms with van der Waals surface area (Å²) in [6, 6.07) is 4.72. The average Bonchev–Trinajstić information content (AvgIpc) is 2.67. The highest BCUT2D eigenvalue weighted by atomic mass is 32.1. The summed E-state index contributed by atoms with van der Waals surface area (Å²) in [7, 11) is 0. The molecule has 0 fully saturated rings. The van der Waals surface area contributed by atoms with E-state index in [4.69, 9.17) is 5.73 Å². The van der Waals surface area contributed by atoms with Gasteiger partial charge in [0.25, 0.3) is 0 Å². The van der Waals surface area contributed by atoms with Crippen LogP contribution in [-0.4, -0.2) is 0 Å². The molecule has 0 radical (unpaired) electrons. The highest BCUT2D eigenvalue weighted by molar-refractivity contribution is 7.08. The van der Waals surface area contributed by atoms with E-state index in [1.165, 1.54) is 23.5 Å². The molecule has 2 N–H and O–H groups in total. The van der Waals surface area contributed by atoms with Gasteiger partial charge in [0.1, 0.15) is 11.6 Å². The molecule has 78 valence electrons. The van der Waals surface area contributed by atoms with Crippen molar-refractivity contribution in [3.05, 3.63) is 57.8 Å². The second kappa shape index (κ2) is 4.08. The lowest BCUT2D eigenvalue weighted by Crippen LogP contribution is -2.11. The van der Waals surface area contributed by atoms with E-state index in [0.717, 1.165) is 11.6 Å². The molecule has 4 heteroatoms. The molecule has 0 saturated carbocycles. The molecule has 0 bridgehead atoms. The van der Waals surface area contributed by atoms with Crippen LogP contribution in [-0.2, 0) is 0 Å². The predicted molar refractivity (Wildman–Crippen MR) is 56.7 cm³/mol. The molecule has 0 spiro atoms. The Morgan fingerprint density at radius 2 is 1.73 bits per heavy atom. The Morgan fingerprint density at radius 3 is 2.27 bits per heavy atom. The van der Waals surface area contributed by atoms with Crippen molar-refractivity contribution in [2.75, 3.05) is 0 Å². The Labute approximate surface area is 90.2 Å². The van der Waals surface area contributed by atoms with Crippen LogP contribution in [0, 0.1) is 11.6 Å². The van der Waals surface area contributed by atoms with Gasteiger partial charge >= 0.3 is 0 Å². The fraction of sp³-hybridized carbons (Fsp3) is 0.0909. The first-order chi connectivity index (χ1) is 7.16. The summed E-state index contributed by atoms with van der Waals surface area (Å²) in [4.78, 5) is 0. The maximum atomic E-state index is 12.9. The van der Waals surface area contributed by atoms with E-state index in [-0.39, 0.29) is 0 Å². The number of nitrogens with two attached hydrogens (primary N) is 1. The van der Waals surface area contributed by atoms with E-state index in [0.29, 0.717) is 5.56 Å². The van der Waals surface area contributed by atoms with E-state index in [9.17, 15) is 8.78 Å². The van der Waals surface area contributed by atoms with Gasteiger partial charge in [0, 0.05) is 6.07 Å². The molecule has 1 aromatic carbocycles. The second-order valence-electron chi connectivity index (χ2n) is 3.24. The Morgan fingerprint density at radius 1 is 1.07 bits per heavy atom. The van der Waals surface area contributed by atoms with E-state index in [2.05, 4.69) is 0 Å². The topological polar surface area (TPSA) is 26.0 Å². The standard InChI is InChI=1S/C11H9F2NS/c12-9-3-8(4-10(13)5-9)11(14)7-1-2-15-6-7/h1-6,11H,14H2. The fourth-order valence-electron chi connectivity index (χ4n) is 1.40. The summed E-state index contributed by atoms with van der Waals surface area (Å²) in [6.45, 7) is 0. The summed E-state index contributed by atoms with van der Waals surface area (Å²) in [5, 5.41) is 3.75. The van der Waals surface area contributed by atoms with Crippen LogP contribution in [0.2, 0.25) is 0 Å². The Hall–Kier alpha value is -1.26. The molecule has 15 heavy (non-hydrogen) atoms. The maximum absolute atomic E-state index is 12.9. The van der Waals surface area contributed by atoms with Crippen molar-refractivity contribution in [1.29, 1.82) is 0 Å². The SMILES string of the molecule is NC(c1ccsc1)c1cc(F)cc(F)c1. The molecular formula is C11H9F2NS. The molecular weight excluding hydrogens is 216 g/mol. The van der Waals surface area contributed by atoms with Crippen molar-refractivity contribution >= 4 is 11.3 Å². The minimum atomic E-state index is -0.601. The zero-order valence-corrected chi connectivity index (χ0v) is 8.60. The molecule has 0 saturated heterocycles. The number of hydrogen-bond donors (Lipinski definition) is 1. The zero-order chi connectivity index (χ0) is 10.8. The van der Waals surface area contributed by atoms with Crippen LogP contribution in [0.4, 0.5) is 8.78 Å². The number of rotatable bonds is 2. The second-order valence-corrected chi connectivity index (χ2v) is 4.02. The summed E-state index contributed by atoms with van der Waals surface area (Å²) >= 11 is 1.50. The lowest BCUT2D eigenvalue weighted by molar-refractivity contribution is 0.577. The minimum absolute atomic E-state index is 0.450. The summed E-state index contributed by atoms with van der Waals surface area (Å²) in [6.07, 6.45) is 0. The summed E-state index contributed by atoms with van der Waals surface area (Å²) in [5.74, 6) is -1.20. The maximum Gasteiger partial charge on any atom is 0.126 e. The molecule has 0 aliphatic carbocycles. The van der Waals surface area contributed by atoms with Crippen molar-refractivity contribution in [1.82, 2.24) is 0 Å². The third kappa shape index (κ3) is 2.22. The van der Waals surface area contributed by atoms with Gasteiger partial charge in [-0.05, 0) is 40.1 Å². The van der Waals surface area contributed by atoms with Gasteiger partial charge in [-0.15, -0.1) is 0 Å². The van der Waals surface area contributed by atoms with Gasteiger partial charge < -0.3 is 5.73 Å². The van der Waals surface area contributed by atoms with Crippen LogP contribution in [0.5, 0.6) is 0 Å². The Kier molecular flexibility index (Phi) is 2.79. The van der Waals surface area contributed by atoms with Gasteiger partial charge in [-0.3, -0.25) is 0 Å². The molecule has 2 rings (SSSR count). The average molecular weight is 225 g/mol. The summed E-state index contributed by atoms with van der Waals surface area (Å²) < 4.78 is 25.9. The molecule has 1 nitrogen and oxygen atoms in total. The van der Waals surface area contributed by atoms with Gasteiger partial charge in [-0.1, -0.05) is 0 Å². The highest BCUT2D eigenvalue weighted by Crippen LogP contribution is 2.22. The minimum Gasteiger partial charge on any atom is -0.320 e. The molecule has 1 unspecified atom stereocenters. The number of hydrogen-bond acceptors (Lipinski definition) is 2. The number of benzene rings is 1. The molecule has 0 amide bonds. The van der Waals surface area contributed by atoms with Gasteiger partial charge in [0.2, 0.25) is 0 Å². The molecule has 0 aliphatic rings. The first-order valence-corrected chi connectivity index (χ1v) is 5.35. The van der Waals surface area contributed by atoms with E-state index >= 15 is 0 Å². The first kappa shape index (κ1) is 10.3. The van der Waals surface area contributed by atoms with Crippen LogP contribution in [0.25, 0.3) is 0 Å². The Bertz CT molecular complexity index is 433. The van der Waals surface area contributed by atoms with Gasteiger partial charge in [-0.25, -0.2) is 8.78 Å². The van der Waals surface area contributed by atoms with Crippen molar-refractivity contribution in [3.8, 4) is 0 Å². The molecule has 2 aromatic rings. The Balaban J connectivity index is 2.37. The van der Waals surface area contributed by atoms with Crippen LogP contribution >= 0.6 is 11.3 Å². The van der Waals surface area contributed by atoms with Crippen molar-refractivity contribution < 1.29 is 8.78 Å². The third-order valence-corrected chi connectivity index (χ3v) is 2.85. The van der Waals surface area contributed by atoms with Crippen molar-refractivity contribution in [2.45, 2.75) is 6.04 Å². The van der Waals surface area contributed by atoms with Crippen molar-refractivity contribution in [3.63, 3.8) is 0 Å². The van der Waals surface area contributed by atoms with Gasteiger partial charge in [0.05, 0.1) is 6.04 Å². The lowest BCUT2D eigenvalue weighted by atomic mass is 10.0. The summed E-state index contributed by atoms with van der Waals surface area (Å²) in [5.41, 5.74) is 7.19. The molecule has 1 heterocycles. The normalized spacial score (nSPS) is 12.7. The highest BCUT2D eigenvalue weighted by Gasteiger charge is 2.11. The molecule has 1 atom stereocenters. The smallest absolute Gasteiger partial charge is 0.126 e. The van der Waals surface area contributed by atoms with Crippen LogP contribution < -0.4 is 5.73 Å². The quantitative estimate of drug-likeness (QED) is 0.835. The van der Waals surface area contributed by atoms with Crippen LogP contribution in [0.1, 0.15) is 17.2 Å². The van der Waals surface area contributed by atoms with E-state index in [1.54, 1.807) is 0 Å². The lowest BCUT2D eigenvalue weighted by Gasteiger charge is -2.10. The first-order valence-electron chi connectivity index (χ1n) is 4.40. The largest absolute Gasteiger partial charge is 0.320 e. The van der Waals surface area contributed by atoms with Gasteiger partial charge in [-0.2, -0.15) is 11.3 Å². The van der Waals surface area contributed by atoms with Crippen molar-refractivity contribution in [2.24, 2.45) is 5.73 Å². The van der Waals surface area contributed by atoms with Crippen LogP contribution in [0.3, 0.4) is 0 Å². The number of halogens is 2.